The summed E-state index contributed by atoms with van der Waals surface area (Å²) in [5.74, 6) is 0. The molecule has 1 aliphatic rings. The summed E-state index contributed by atoms with van der Waals surface area (Å²) in [7, 11) is 0. The molecule has 0 N–H and O–H groups in total. The molecule has 1 unspecified atom stereocenters. The molecule has 2 aromatic carbocycles. The number of quaternary nitrogens is 1. The molecular weight excluding hydrogens is 388 g/mol. The van der Waals surface area contributed by atoms with Gasteiger partial charge in [-0.2, -0.15) is 9.28 Å². The van der Waals surface area contributed by atoms with Crippen molar-refractivity contribution in [2.24, 2.45) is 0 Å². The van der Waals surface area contributed by atoms with Gasteiger partial charge < -0.3 is 4.74 Å². The fraction of sp³-hybridized carbons (Fsp3) is 0.385. The molecule has 1 fully saturated rings. The van der Waals surface area contributed by atoms with Crippen molar-refractivity contribution in [3.05, 3.63) is 77.9 Å². The number of benzene rings is 2. The van der Waals surface area contributed by atoms with Crippen molar-refractivity contribution in [1.82, 2.24) is 4.90 Å². The van der Waals surface area contributed by atoms with Crippen LogP contribution in [0.1, 0.15) is 38.3 Å². The summed E-state index contributed by atoms with van der Waals surface area (Å²) in [5.41, 5.74) is 1.68. The Morgan fingerprint density at radius 3 is 2.35 bits per heavy atom. The third-order valence-corrected chi connectivity index (χ3v) is 5.60. The number of carbonyl (C=O) groups excluding carboxylic acids is 2. The number of carbonyl (C=O) groups is 2. The number of rotatable bonds is 6. The summed E-state index contributed by atoms with van der Waals surface area (Å²) in [4.78, 5) is 27.8. The second-order valence-electron chi connectivity index (χ2n) is 9.16. The average Bonchev–Trinajstić information content (AvgIpc) is 2.74. The zero-order valence-corrected chi connectivity index (χ0v) is 18.7. The van der Waals surface area contributed by atoms with E-state index >= 15 is 0 Å². The number of nitrogens with zero attached hydrogens (tertiary/aromatic N) is 2. The van der Waals surface area contributed by atoms with Crippen LogP contribution in [0.15, 0.2) is 66.7 Å². The summed E-state index contributed by atoms with van der Waals surface area (Å²) < 4.78 is 5.39. The van der Waals surface area contributed by atoms with Gasteiger partial charge in [-0.25, -0.2) is 4.79 Å². The van der Waals surface area contributed by atoms with E-state index in [0.717, 1.165) is 18.5 Å². The fourth-order valence-corrected chi connectivity index (χ4v) is 3.97. The van der Waals surface area contributed by atoms with E-state index in [9.17, 15) is 9.59 Å². The molecule has 5 nitrogen and oxygen atoms in total. The van der Waals surface area contributed by atoms with Crippen molar-refractivity contribution >= 4 is 18.6 Å². The molecule has 164 valence electrons. The standard InChI is InChI=1S/C26H33N2O3/c1-26(2,3)31-25(30)28(21-29)18-17-27(19-23-13-8-5-9-14-23)20-24(28)16-10-15-22-11-6-4-7-12-22/h4-15,21,24H,16-20H2,1-3H3/q+1/t24-,28?/m1/s1. The van der Waals surface area contributed by atoms with E-state index < -0.39 is 11.7 Å². The van der Waals surface area contributed by atoms with E-state index in [1.807, 2.05) is 75.4 Å². The Morgan fingerprint density at radius 1 is 1.10 bits per heavy atom. The van der Waals surface area contributed by atoms with E-state index in [2.05, 4.69) is 23.1 Å². The SMILES string of the molecule is CC(C)(C)OC(=O)[N+]1(C=O)CCN(Cc2ccccc2)C[C@H]1CC=Cc1ccccc1. The summed E-state index contributed by atoms with van der Waals surface area (Å²) >= 11 is 0. The van der Waals surface area contributed by atoms with Gasteiger partial charge in [0.15, 0.2) is 0 Å². The van der Waals surface area contributed by atoms with Crippen molar-refractivity contribution in [2.75, 3.05) is 19.6 Å². The molecule has 2 amide bonds. The molecule has 2 aromatic rings. The predicted octanol–water partition coefficient (Wildman–Crippen LogP) is 4.88. The van der Waals surface area contributed by atoms with Gasteiger partial charge in [0.1, 0.15) is 18.2 Å². The van der Waals surface area contributed by atoms with Crippen molar-refractivity contribution in [3.8, 4) is 0 Å². The zero-order chi connectivity index (χ0) is 22.3. The predicted molar refractivity (Wildman–Crippen MR) is 123 cm³/mol. The lowest BCUT2D eigenvalue weighted by Crippen LogP contribution is -2.67. The van der Waals surface area contributed by atoms with Gasteiger partial charge in [0.2, 0.25) is 0 Å². The smallest absolute Gasteiger partial charge is 0.414 e. The molecule has 1 heterocycles. The molecular formula is C26H33N2O3+. The molecule has 2 atom stereocenters. The molecule has 5 heteroatoms. The normalized spacial score (nSPS) is 22.4. The molecule has 0 saturated carbocycles. The zero-order valence-electron chi connectivity index (χ0n) is 18.7. The molecule has 1 saturated heterocycles. The van der Waals surface area contributed by atoms with Crippen LogP contribution in [-0.2, 0) is 16.1 Å². The van der Waals surface area contributed by atoms with Gasteiger partial charge in [-0.05, 0) is 31.9 Å². The van der Waals surface area contributed by atoms with Gasteiger partial charge in [0.25, 0.3) is 0 Å². The maximum Gasteiger partial charge on any atom is 0.524 e. The van der Waals surface area contributed by atoms with Crippen LogP contribution in [0.4, 0.5) is 4.79 Å². The van der Waals surface area contributed by atoms with E-state index in [1.165, 1.54) is 5.56 Å². The van der Waals surface area contributed by atoms with Gasteiger partial charge in [0.05, 0.1) is 6.54 Å². The third-order valence-electron chi connectivity index (χ3n) is 5.60. The maximum atomic E-state index is 13.2. The second-order valence-corrected chi connectivity index (χ2v) is 9.16. The third kappa shape index (κ3) is 6.12. The van der Waals surface area contributed by atoms with E-state index in [4.69, 9.17) is 4.74 Å². The number of hydrogen-bond acceptors (Lipinski definition) is 4. The van der Waals surface area contributed by atoms with Crippen LogP contribution in [0.2, 0.25) is 0 Å². The first kappa shape index (κ1) is 22.9. The van der Waals surface area contributed by atoms with Gasteiger partial charge in [0, 0.05) is 19.5 Å². The van der Waals surface area contributed by atoms with Crippen LogP contribution in [0.5, 0.6) is 0 Å². The highest BCUT2D eigenvalue weighted by Gasteiger charge is 2.50. The lowest BCUT2D eigenvalue weighted by Gasteiger charge is -2.43. The monoisotopic (exact) mass is 421 g/mol. The molecule has 1 aliphatic heterocycles. The Kier molecular flexibility index (Phi) is 7.42. The number of hydrogen-bond donors (Lipinski definition) is 0. The highest BCUT2D eigenvalue weighted by atomic mass is 16.6. The highest BCUT2D eigenvalue weighted by molar-refractivity contribution is 5.70. The molecule has 3 rings (SSSR count). The lowest BCUT2D eigenvalue weighted by atomic mass is 10.0. The molecule has 0 aromatic heterocycles. The van der Waals surface area contributed by atoms with Crippen LogP contribution < -0.4 is 0 Å². The minimum absolute atomic E-state index is 0.204. The van der Waals surface area contributed by atoms with Gasteiger partial charge in [-0.15, -0.1) is 0 Å². The quantitative estimate of drug-likeness (QED) is 0.493. The number of amides is 2. The van der Waals surface area contributed by atoms with Crippen molar-refractivity contribution in [2.45, 2.75) is 45.4 Å². The highest BCUT2D eigenvalue weighted by Crippen LogP contribution is 2.26. The first-order valence-corrected chi connectivity index (χ1v) is 10.9. The Morgan fingerprint density at radius 2 is 1.74 bits per heavy atom. The Bertz CT molecular complexity index is 890. The van der Waals surface area contributed by atoms with Crippen LogP contribution in [0.25, 0.3) is 6.08 Å². The molecule has 0 aliphatic carbocycles. The van der Waals surface area contributed by atoms with E-state index in [1.54, 1.807) is 0 Å². The Balaban J connectivity index is 1.81. The molecule has 0 radical (unpaired) electrons. The molecule has 0 spiro atoms. The number of piperazine rings is 1. The van der Waals surface area contributed by atoms with Crippen LogP contribution in [0, 0.1) is 0 Å². The van der Waals surface area contributed by atoms with Crippen molar-refractivity contribution < 1.29 is 18.8 Å². The van der Waals surface area contributed by atoms with Gasteiger partial charge in [-0.3, -0.25) is 4.90 Å². The van der Waals surface area contributed by atoms with Crippen LogP contribution in [0.3, 0.4) is 0 Å². The Hall–Kier alpha value is -2.76. The minimum atomic E-state index is -0.642. The van der Waals surface area contributed by atoms with Crippen LogP contribution in [-0.4, -0.2) is 53.2 Å². The van der Waals surface area contributed by atoms with Crippen molar-refractivity contribution in [3.63, 3.8) is 0 Å². The number of imide groups is 1. The maximum absolute atomic E-state index is 13.2. The van der Waals surface area contributed by atoms with Gasteiger partial charge >= 0.3 is 12.5 Å². The topological polar surface area (TPSA) is 46.6 Å². The Labute approximate surface area is 185 Å². The van der Waals surface area contributed by atoms with Crippen LogP contribution >= 0.6 is 0 Å². The molecule has 31 heavy (non-hydrogen) atoms. The average molecular weight is 422 g/mol. The second kappa shape index (κ2) is 10.0. The summed E-state index contributed by atoms with van der Waals surface area (Å²) in [6.07, 6.45) is 5.05. The first-order valence-electron chi connectivity index (χ1n) is 10.9. The number of ether oxygens (including phenoxy) is 1. The van der Waals surface area contributed by atoms with Crippen molar-refractivity contribution in [1.29, 1.82) is 0 Å². The van der Waals surface area contributed by atoms with E-state index in [-0.39, 0.29) is 10.5 Å². The lowest BCUT2D eigenvalue weighted by molar-refractivity contribution is -0.807. The largest absolute Gasteiger partial charge is 0.524 e. The molecule has 0 bridgehead atoms. The summed E-state index contributed by atoms with van der Waals surface area (Å²) in [6.45, 7) is 8.02. The van der Waals surface area contributed by atoms with Gasteiger partial charge in [-0.1, -0.05) is 72.8 Å². The first-order chi connectivity index (χ1) is 14.8. The fourth-order valence-electron chi connectivity index (χ4n) is 3.97. The van der Waals surface area contributed by atoms with E-state index in [0.29, 0.717) is 26.1 Å². The minimum Gasteiger partial charge on any atom is -0.414 e. The summed E-state index contributed by atoms with van der Waals surface area (Å²) in [6, 6.07) is 20.1. The summed E-state index contributed by atoms with van der Waals surface area (Å²) in [5, 5.41) is 0.